The van der Waals surface area contributed by atoms with Crippen LogP contribution in [0.3, 0.4) is 0 Å². The van der Waals surface area contributed by atoms with Gasteiger partial charge in [-0.05, 0) is 68.3 Å². The molecule has 0 heterocycles. The molecule has 0 radical (unpaired) electrons. The predicted molar refractivity (Wildman–Crippen MR) is 119 cm³/mol. The van der Waals surface area contributed by atoms with Crippen molar-refractivity contribution < 1.29 is 23.8 Å². The number of nitrogens with zero attached hydrogens (tertiary/aromatic N) is 1. The third-order valence-corrected chi connectivity index (χ3v) is 4.21. The topological polar surface area (TPSA) is 98.2 Å². The molecule has 1 unspecified atom stereocenters. The number of nitrogens with one attached hydrogen (secondary N) is 2. The van der Waals surface area contributed by atoms with Gasteiger partial charge in [-0.3, -0.25) is 9.59 Å². The lowest BCUT2D eigenvalue weighted by atomic mass is 10.2. The molecular formula is C23H29N3O5. The van der Waals surface area contributed by atoms with Crippen molar-refractivity contribution in [2.45, 2.75) is 33.2 Å². The van der Waals surface area contributed by atoms with Crippen LogP contribution in [0, 0.1) is 0 Å². The molecule has 2 N–H and O–H groups in total. The third-order valence-electron chi connectivity index (χ3n) is 4.21. The lowest BCUT2D eigenvalue weighted by molar-refractivity contribution is -0.122. The van der Waals surface area contributed by atoms with E-state index in [1.807, 2.05) is 26.0 Å². The summed E-state index contributed by atoms with van der Waals surface area (Å²) in [5.74, 6) is 1.13. The van der Waals surface area contributed by atoms with Crippen LogP contribution in [0.15, 0.2) is 47.6 Å². The Morgan fingerprint density at radius 1 is 1.06 bits per heavy atom. The summed E-state index contributed by atoms with van der Waals surface area (Å²) in [5.41, 5.74) is 3.60. The summed E-state index contributed by atoms with van der Waals surface area (Å²) in [6, 6.07) is 11.3. The Kier molecular flexibility index (Phi) is 9.35. The molecule has 31 heavy (non-hydrogen) atoms. The molecule has 0 fully saturated rings. The monoisotopic (exact) mass is 427 g/mol. The zero-order chi connectivity index (χ0) is 22.6. The zero-order valence-electron chi connectivity index (χ0n) is 18.3. The van der Waals surface area contributed by atoms with Gasteiger partial charge in [-0.2, -0.15) is 5.10 Å². The highest BCUT2D eigenvalue weighted by molar-refractivity contribution is 5.97. The van der Waals surface area contributed by atoms with Gasteiger partial charge in [-0.25, -0.2) is 5.43 Å². The largest absolute Gasteiger partial charge is 0.497 e. The maximum atomic E-state index is 12.3. The van der Waals surface area contributed by atoms with Gasteiger partial charge in [0.15, 0.2) is 11.5 Å². The fourth-order valence-electron chi connectivity index (χ4n) is 2.56. The van der Waals surface area contributed by atoms with E-state index in [1.165, 1.54) is 6.21 Å². The maximum absolute atomic E-state index is 12.3. The van der Waals surface area contributed by atoms with Crippen LogP contribution in [0.5, 0.6) is 17.2 Å². The van der Waals surface area contributed by atoms with Crippen LogP contribution in [0.25, 0.3) is 0 Å². The number of carbonyl (C=O) groups excluding carboxylic acids is 2. The van der Waals surface area contributed by atoms with Gasteiger partial charge < -0.3 is 19.5 Å². The van der Waals surface area contributed by atoms with Crippen LogP contribution in [-0.4, -0.2) is 44.4 Å². The van der Waals surface area contributed by atoms with Crippen LogP contribution < -0.4 is 25.0 Å². The number of hydrogen-bond donors (Lipinski definition) is 2. The second kappa shape index (κ2) is 12.2. The van der Waals surface area contributed by atoms with Gasteiger partial charge in [-0.15, -0.1) is 0 Å². The summed E-state index contributed by atoms with van der Waals surface area (Å²) in [6.07, 6.45) is 2.40. The molecule has 0 aliphatic rings. The molecule has 0 aromatic heterocycles. The van der Waals surface area contributed by atoms with E-state index in [1.54, 1.807) is 44.4 Å². The number of hydrazone groups is 1. The van der Waals surface area contributed by atoms with Crippen molar-refractivity contribution in [3.05, 3.63) is 53.6 Å². The minimum Gasteiger partial charge on any atom is -0.497 e. The first kappa shape index (κ1) is 23.7. The standard InChI is InChI=1S/C23H29N3O5/c1-5-13-31-20-12-7-17(14-21(20)30-6-2)15-24-26-22(27)16(3)25-23(28)18-8-10-19(29-4)11-9-18/h7-12,14-16H,5-6,13H2,1-4H3,(H,25,28)(H,26,27). The maximum Gasteiger partial charge on any atom is 0.262 e. The number of hydrogen-bond acceptors (Lipinski definition) is 6. The van der Waals surface area contributed by atoms with Crippen LogP contribution in [0.4, 0.5) is 0 Å². The summed E-state index contributed by atoms with van der Waals surface area (Å²) in [4.78, 5) is 24.5. The zero-order valence-corrected chi connectivity index (χ0v) is 18.3. The van der Waals surface area contributed by atoms with Crippen molar-refractivity contribution in [2.75, 3.05) is 20.3 Å². The first-order valence-corrected chi connectivity index (χ1v) is 10.2. The molecule has 2 aromatic carbocycles. The molecule has 0 saturated heterocycles. The summed E-state index contributed by atoms with van der Waals surface area (Å²) in [6.45, 7) is 6.62. The molecule has 0 saturated carbocycles. The van der Waals surface area contributed by atoms with E-state index in [0.717, 1.165) is 12.0 Å². The van der Waals surface area contributed by atoms with Crippen molar-refractivity contribution in [1.82, 2.24) is 10.7 Å². The summed E-state index contributed by atoms with van der Waals surface area (Å²) >= 11 is 0. The fraction of sp³-hybridized carbons (Fsp3) is 0.348. The normalized spacial score (nSPS) is 11.6. The highest BCUT2D eigenvalue weighted by Gasteiger charge is 2.16. The van der Waals surface area contributed by atoms with Crippen LogP contribution in [0.1, 0.15) is 43.1 Å². The first-order valence-electron chi connectivity index (χ1n) is 10.2. The first-order chi connectivity index (χ1) is 15.0. The van der Waals surface area contributed by atoms with Gasteiger partial charge in [0.05, 0.1) is 26.5 Å². The molecule has 2 rings (SSSR count). The number of ether oxygens (including phenoxy) is 3. The molecule has 0 aliphatic heterocycles. The molecule has 166 valence electrons. The van der Waals surface area contributed by atoms with E-state index in [0.29, 0.717) is 36.0 Å². The molecule has 2 amide bonds. The Balaban J connectivity index is 1.92. The van der Waals surface area contributed by atoms with Crippen molar-refractivity contribution >= 4 is 18.0 Å². The van der Waals surface area contributed by atoms with Crippen LogP contribution in [0.2, 0.25) is 0 Å². The van der Waals surface area contributed by atoms with Gasteiger partial charge >= 0.3 is 0 Å². The Bertz CT molecular complexity index is 897. The van der Waals surface area contributed by atoms with Crippen molar-refractivity contribution in [2.24, 2.45) is 5.10 Å². The van der Waals surface area contributed by atoms with Gasteiger partial charge in [0, 0.05) is 5.56 Å². The minimum absolute atomic E-state index is 0.363. The molecule has 1 atom stereocenters. The number of rotatable bonds is 11. The summed E-state index contributed by atoms with van der Waals surface area (Å²) in [5, 5.41) is 6.60. The van der Waals surface area contributed by atoms with Gasteiger partial charge in [0.25, 0.3) is 11.8 Å². The SMILES string of the molecule is CCCOc1ccc(C=NNC(=O)C(C)NC(=O)c2ccc(OC)cc2)cc1OCC. The lowest BCUT2D eigenvalue weighted by Crippen LogP contribution is -2.43. The van der Waals surface area contributed by atoms with Gasteiger partial charge in [-0.1, -0.05) is 6.92 Å². The van der Waals surface area contributed by atoms with Gasteiger partial charge in [0.1, 0.15) is 11.8 Å². The van der Waals surface area contributed by atoms with E-state index in [4.69, 9.17) is 14.2 Å². The average Bonchev–Trinajstić information content (AvgIpc) is 2.78. The molecule has 0 spiro atoms. The second-order valence-electron chi connectivity index (χ2n) is 6.65. The Morgan fingerprint density at radius 2 is 1.81 bits per heavy atom. The molecule has 2 aromatic rings. The number of carbonyl (C=O) groups is 2. The van der Waals surface area contributed by atoms with Crippen molar-refractivity contribution in [1.29, 1.82) is 0 Å². The lowest BCUT2D eigenvalue weighted by Gasteiger charge is -2.13. The Labute approximate surface area is 182 Å². The number of benzene rings is 2. The molecular weight excluding hydrogens is 398 g/mol. The Hall–Kier alpha value is -3.55. The van der Waals surface area contributed by atoms with Gasteiger partial charge in [0.2, 0.25) is 0 Å². The highest BCUT2D eigenvalue weighted by atomic mass is 16.5. The molecule has 0 aliphatic carbocycles. The number of methoxy groups -OCH3 is 1. The van der Waals surface area contributed by atoms with Crippen molar-refractivity contribution in [3.8, 4) is 17.2 Å². The molecule has 8 heteroatoms. The average molecular weight is 428 g/mol. The van der Waals surface area contributed by atoms with Crippen molar-refractivity contribution in [3.63, 3.8) is 0 Å². The van der Waals surface area contributed by atoms with Crippen LogP contribution in [-0.2, 0) is 4.79 Å². The summed E-state index contributed by atoms with van der Waals surface area (Å²) < 4.78 is 16.3. The predicted octanol–water partition coefficient (Wildman–Crippen LogP) is 3.15. The van der Waals surface area contributed by atoms with Crippen LogP contribution >= 0.6 is 0 Å². The Morgan fingerprint density at radius 3 is 2.45 bits per heavy atom. The second-order valence-corrected chi connectivity index (χ2v) is 6.65. The highest BCUT2D eigenvalue weighted by Crippen LogP contribution is 2.28. The van der Waals surface area contributed by atoms with E-state index in [9.17, 15) is 9.59 Å². The van der Waals surface area contributed by atoms with E-state index < -0.39 is 11.9 Å². The minimum atomic E-state index is -0.768. The smallest absolute Gasteiger partial charge is 0.262 e. The van der Waals surface area contributed by atoms with E-state index in [-0.39, 0.29) is 5.91 Å². The van der Waals surface area contributed by atoms with E-state index >= 15 is 0 Å². The quantitative estimate of drug-likeness (QED) is 0.424. The summed E-state index contributed by atoms with van der Waals surface area (Å²) in [7, 11) is 1.55. The number of amides is 2. The fourth-order valence-corrected chi connectivity index (χ4v) is 2.56. The third kappa shape index (κ3) is 7.33. The van der Waals surface area contributed by atoms with E-state index in [2.05, 4.69) is 15.8 Å². The molecule has 0 bridgehead atoms. The molecule has 8 nitrogen and oxygen atoms in total.